The number of benzene rings is 3. The van der Waals surface area contributed by atoms with Gasteiger partial charge in [-0.3, -0.25) is 9.36 Å². The molecule has 1 unspecified atom stereocenters. The van der Waals surface area contributed by atoms with E-state index in [0.29, 0.717) is 6.07 Å². The molecule has 0 bridgehead atoms. The van der Waals surface area contributed by atoms with Gasteiger partial charge in [0.2, 0.25) is 0 Å². The van der Waals surface area contributed by atoms with Crippen molar-refractivity contribution in [2.24, 2.45) is 0 Å². The molecule has 0 fully saturated rings. The number of fused-ring (bicyclic) bond motifs is 1. The summed E-state index contributed by atoms with van der Waals surface area (Å²) in [6, 6.07) is 17.7. The Morgan fingerprint density at radius 2 is 1.74 bits per heavy atom. The number of hydrogen-bond donors (Lipinski definition) is 3. The van der Waals surface area contributed by atoms with E-state index >= 15 is 0 Å². The van der Waals surface area contributed by atoms with Gasteiger partial charge in [0.15, 0.2) is 5.82 Å². The largest absolute Gasteiger partial charge is 0.508 e. The minimum atomic E-state index is -0.975. The number of nitrogens with two attached hydrogens (primary N) is 1. The van der Waals surface area contributed by atoms with Gasteiger partial charge in [-0.1, -0.05) is 30.3 Å². The lowest BCUT2D eigenvalue weighted by atomic mass is 10.1. The van der Waals surface area contributed by atoms with Crippen LogP contribution >= 0.6 is 0 Å². The van der Waals surface area contributed by atoms with Crippen molar-refractivity contribution in [3.05, 3.63) is 130 Å². The van der Waals surface area contributed by atoms with Gasteiger partial charge in [0.05, 0.1) is 29.5 Å². The molecule has 6 rings (SSSR count). The average molecular weight is 639 g/mol. The second-order valence-corrected chi connectivity index (χ2v) is 10.5. The first-order chi connectivity index (χ1) is 22.7. The minimum Gasteiger partial charge on any atom is -0.508 e. The molecular formula is C33H25F3N8O3. The second-order valence-electron chi connectivity index (χ2n) is 10.5. The van der Waals surface area contributed by atoms with Crippen molar-refractivity contribution < 1.29 is 23.0 Å². The summed E-state index contributed by atoms with van der Waals surface area (Å²) in [4.78, 5) is 22.4. The Morgan fingerprint density at radius 3 is 2.47 bits per heavy atom. The Bertz CT molecular complexity index is 2160. The molecule has 0 spiro atoms. The van der Waals surface area contributed by atoms with Crippen LogP contribution in [0, 0.1) is 28.8 Å². The molecule has 6 aromatic rings. The number of nitrogens with zero attached hydrogens (tertiary/aromatic N) is 6. The van der Waals surface area contributed by atoms with Crippen LogP contribution in [0.15, 0.2) is 90.1 Å². The normalized spacial score (nSPS) is 11.8. The highest BCUT2D eigenvalue weighted by molar-refractivity contribution is 5.84. The van der Waals surface area contributed by atoms with E-state index in [9.17, 15) is 28.3 Å². The maximum atomic E-state index is 14.5. The van der Waals surface area contributed by atoms with E-state index in [1.807, 2.05) is 36.4 Å². The summed E-state index contributed by atoms with van der Waals surface area (Å²) in [6.45, 7) is 0.364. The third-order valence-electron chi connectivity index (χ3n) is 7.27. The molecule has 0 aliphatic carbocycles. The molecule has 11 nitrogen and oxygen atoms in total. The smallest absolute Gasteiger partial charge is 0.283 e. The van der Waals surface area contributed by atoms with Crippen molar-refractivity contribution in [3.8, 4) is 28.6 Å². The number of nitriles is 1. The lowest BCUT2D eigenvalue weighted by Crippen LogP contribution is -2.31. The number of phenols is 1. The molecule has 0 saturated heterocycles. The van der Waals surface area contributed by atoms with E-state index in [1.54, 1.807) is 0 Å². The number of anilines is 2. The fourth-order valence-corrected chi connectivity index (χ4v) is 5.23. The van der Waals surface area contributed by atoms with Gasteiger partial charge >= 0.3 is 0 Å². The topological polar surface area (TPSA) is 156 Å². The summed E-state index contributed by atoms with van der Waals surface area (Å²) in [6.07, 6.45) is 2.70. The molecule has 0 aliphatic heterocycles. The first kappa shape index (κ1) is 30.8. The molecule has 14 heteroatoms. The fraction of sp³-hybridized carbons (Fsp3) is 0.121. The third kappa shape index (κ3) is 6.46. The number of phenolic OH excluding ortho intramolecular Hbond substituents is 1. The van der Waals surface area contributed by atoms with Gasteiger partial charge < -0.3 is 20.9 Å². The van der Waals surface area contributed by atoms with E-state index in [0.717, 1.165) is 34.4 Å². The highest BCUT2D eigenvalue weighted by Crippen LogP contribution is 2.35. The first-order valence-electron chi connectivity index (χ1n) is 14.2. The molecule has 1 atom stereocenters. The average Bonchev–Trinajstić information content (AvgIpc) is 3.45. The summed E-state index contributed by atoms with van der Waals surface area (Å²) in [7, 11) is 0. The van der Waals surface area contributed by atoms with Crippen LogP contribution in [0.3, 0.4) is 0 Å². The lowest BCUT2D eigenvalue weighted by molar-refractivity contribution is 0.114. The number of halogens is 3. The molecule has 3 aromatic carbocycles. The second kappa shape index (κ2) is 13.0. The van der Waals surface area contributed by atoms with Crippen molar-refractivity contribution in [1.29, 1.82) is 5.26 Å². The highest BCUT2D eigenvalue weighted by Gasteiger charge is 2.26. The molecule has 0 radical (unpaired) electrons. The predicted octanol–water partition coefficient (Wildman–Crippen LogP) is 5.28. The van der Waals surface area contributed by atoms with E-state index in [-0.39, 0.29) is 70.7 Å². The van der Waals surface area contributed by atoms with Crippen LogP contribution in [0.4, 0.5) is 24.8 Å². The summed E-state index contributed by atoms with van der Waals surface area (Å²) < 4.78 is 51.6. The van der Waals surface area contributed by atoms with Gasteiger partial charge in [-0.15, -0.1) is 0 Å². The van der Waals surface area contributed by atoms with Crippen molar-refractivity contribution in [2.45, 2.75) is 19.1 Å². The number of ether oxygens (including phenoxy) is 1. The van der Waals surface area contributed by atoms with Gasteiger partial charge in [-0.05, 0) is 47.9 Å². The summed E-state index contributed by atoms with van der Waals surface area (Å²) >= 11 is 0. The van der Waals surface area contributed by atoms with Crippen LogP contribution in [-0.2, 0) is 11.3 Å². The Labute approximate surface area is 265 Å². The third-order valence-corrected chi connectivity index (χ3v) is 7.27. The molecule has 0 aliphatic rings. The molecular weight excluding hydrogens is 613 g/mol. The molecule has 0 amide bonds. The van der Waals surface area contributed by atoms with Crippen LogP contribution in [0.1, 0.15) is 29.4 Å². The standard InChI is InChI=1S/C33H25F3N8O3/c34-22-10-21(11-26(45)15-22)28-30(38)39-18-40-31(28)41-27(7-9-47-17-19-4-2-1-3-5-19)32-42-43-8-6-20(16-37)29(43)33(46)44(32)25-13-23(35)12-24(36)14-25/h1-6,8,10-15,18,27,45H,7,9,17H2,(H3,38,39,40,41). The molecule has 4 N–H and O–H groups in total. The summed E-state index contributed by atoms with van der Waals surface area (Å²) in [5.74, 6) is -3.00. The van der Waals surface area contributed by atoms with Crippen LogP contribution in [0.5, 0.6) is 5.75 Å². The Balaban J connectivity index is 1.51. The van der Waals surface area contributed by atoms with Crippen LogP contribution in [-0.4, -0.2) is 35.9 Å². The van der Waals surface area contributed by atoms with E-state index < -0.39 is 29.1 Å². The minimum absolute atomic E-state index is 0.00662. The zero-order chi connectivity index (χ0) is 33.1. The molecule has 47 heavy (non-hydrogen) atoms. The van der Waals surface area contributed by atoms with Gasteiger partial charge in [-0.25, -0.2) is 27.7 Å². The predicted molar refractivity (Wildman–Crippen MR) is 166 cm³/mol. The molecule has 0 saturated carbocycles. The number of nitrogens with one attached hydrogen (secondary N) is 1. The molecule has 3 heterocycles. The SMILES string of the molecule is N#Cc1ccn2nc(C(CCOCc3ccccc3)Nc3ncnc(N)c3-c3cc(O)cc(F)c3)n(-c3cc(F)cc(F)c3)c(=O)c12. The van der Waals surface area contributed by atoms with Crippen LogP contribution < -0.4 is 16.6 Å². The van der Waals surface area contributed by atoms with Crippen molar-refractivity contribution >= 4 is 17.2 Å². The van der Waals surface area contributed by atoms with Crippen molar-refractivity contribution in [2.75, 3.05) is 17.7 Å². The monoisotopic (exact) mass is 638 g/mol. The Hall–Kier alpha value is -6.20. The van der Waals surface area contributed by atoms with Gasteiger partial charge in [0.25, 0.3) is 5.56 Å². The number of rotatable bonds is 10. The van der Waals surface area contributed by atoms with E-state index in [2.05, 4.69) is 20.4 Å². The maximum absolute atomic E-state index is 14.5. The van der Waals surface area contributed by atoms with Crippen LogP contribution in [0.2, 0.25) is 0 Å². The van der Waals surface area contributed by atoms with Crippen LogP contribution in [0.25, 0.3) is 22.3 Å². The summed E-state index contributed by atoms with van der Waals surface area (Å²) in [5.41, 5.74) is 6.36. The zero-order valence-electron chi connectivity index (χ0n) is 24.4. The van der Waals surface area contributed by atoms with Gasteiger partial charge in [-0.2, -0.15) is 10.4 Å². The number of nitrogen functional groups attached to an aromatic ring is 1. The van der Waals surface area contributed by atoms with E-state index in [1.165, 1.54) is 29.2 Å². The molecule has 3 aromatic heterocycles. The zero-order valence-corrected chi connectivity index (χ0v) is 24.4. The van der Waals surface area contributed by atoms with Gasteiger partial charge in [0.1, 0.15) is 52.8 Å². The maximum Gasteiger partial charge on any atom is 0.283 e. The quantitative estimate of drug-likeness (QED) is 0.170. The number of hydrogen-bond acceptors (Lipinski definition) is 9. The van der Waals surface area contributed by atoms with Crippen molar-refractivity contribution in [3.63, 3.8) is 0 Å². The van der Waals surface area contributed by atoms with Crippen molar-refractivity contribution in [1.82, 2.24) is 24.1 Å². The summed E-state index contributed by atoms with van der Waals surface area (Å²) in [5, 5.41) is 27.6. The fourth-order valence-electron chi connectivity index (χ4n) is 5.23. The lowest BCUT2D eigenvalue weighted by Gasteiger charge is -2.24. The Morgan fingerprint density at radius 1 is 1.00 bits per heavy atom. The highest BCUT2D eigenvalue weighted by atomic mass is 19.1. The number of aromatic nitrogens is 5. The number of aromatic hydroxyl groups is 1. The Kier molecular flexibility index (Phi) is 8.54. The van der Waals surface area contributed by atoms with Gasteiger partial charge in [0, 0.05) is 24.9 Å². The van der Waals surface area contributed by atoms with E-state index in [4.69, 9.17) is 10.5 Å². The first-order valence-corrected chi connectivity index (χ1v) is 14.2. The molecule has 236 valence electrons.